The van der Waals surface area contributed by atoms with E-state index in [2.05, 4.69) is 20.5 Å². The fourth-order valence-corrected chi connectivity index (χ4v) is 4.76. The van der Waals surface area contributed by atoms with Gasteiger partial charge in [0.1, 0.15) is 0 Å². The van der Waals surface area contributed by atoms with Crippen molar-refractivity contribution in [2.45, 2.75) is 11.8 Å². The number of sulfonamides is 1. The van der Waals surface area contributed by atoms with Crippen LogP contribution in [0.1, 0.15) is 5.56 Å². The molecule has 150 valence electrons. The predicted octanol–water partition coefficient (Wildman–Crippen LogP) is 2.43. The van der Waals surface area contributed by atoms with Crippen molar-refractivity contribution in [1.29, 1.82) is 0 Å². The molecule has 0 aliphatic carbocycles. The van der Waals surface area contributed by atoms with Crippen LogP contribution in [0.3, 0.4) is 0 Å². The molecule has 1 aliphatic rings. The number of nitrogens with zero attached hydrogens (tertiary/aromatic N) is 5. The highest BCUT2D eigenvalue weighted by atomic mass is 32.2. The first-order valence-corrected chi connectivity index (χ1v) is 10.8. The van der Waals surface area contributed by atoms with E-state index in [0.29, 0.717) is 36.9 Å². The van der Waals surface area contributed by atoms with Gasteiger partial charge in [0.2, 0.25) is 10.0 Å². The van der Waals surface area contributed by atoms with Crippen molar-refractivity contribution in [3.05, 3.63) is 66.5 Å². The zero-order valence-electron chi connectivity index (χ0n) is 16.1. The Labute approximate surface area is 170 Å². The Bertz CT molecular complexity index is 1070. The third kappa shape index (κ3) is 4.36. The highest BCUT2D eigenvalue weighted by Gasteiger charge is 2.29. The standard InChI is InChI=1S/C20H22N6O2S/c1-16-4-2-6-18(14-16)29(27,28)26-12-10-25(11-13-26)20-8-7-19(23-24-20)22-17-5-3-9-21-15-17/h2-9,14-15H,10-13H2,1H3,(H,22,23). The maximum atomic E-state index is 12.9. The number of aryl methyl sites for hydroxylation is 1. The van der Waals surface area contributed by atoms with Crippen LogP contribution in [0.5, 0.6) is 0 Å². The van der Waals surface area contributed by atoms with Gasteiger partial charge in [-0.2, -0.15) is 4.31 Å². The third-order valence-corrected chi connectivity index (χ3v) is 6.67. The maximum absolute atomic E-state index is 12.9. The largest absolute Gasteiger partial charge is 0.352 e. The predicted molar refractivity (Wildman–Crippen MR) is 112 cm³/mol. The van der Waals surface area contributed by atoms with Crippen molar-refractivity contribution in [3.8, 4) is 0 Å². The fraction of sp³-hybridized carbons (Fsp3) is 0.250. The molecule has 0 bridgehead atoms. The lowest BCUT2D eigenvalue weighted by Crippen LogP contribution is -2.49. The van der Waals surface area contributed by atoms with E-state index in [4.69, 9.17) is 0 Å². The molecule has 0 atom stereocenters. The van der Waals surface area contributed by atoms with Gasteiger partial charge < -0.3 is 10.2 Å². The van der Waals surface area contributed by atoms with Crippen LogP contribution in [0.2, 0.25) is 0 Å². The first kappa shape index (κ1) is 19.3. The molecule has 9 heteroatoms. The van der Waals surface area contributed by atoms with Gasteiger partial charge in [0.05, 0.1) is 16.8 Å². The Balaban J connectivity index is 1.39. The second kappa shape index (κ2) is 8.14. The van der Waals surface area contributed by atoms with Gasteiger partial charge in [0, 0.05) is 32.4 Å². The van der Waals surface area contributed by atoms with Crippen LogP contribution in [0.25, 0.3) is 0 Å². The summed E-state index contributed by atoms with van der Waals surface area (Å²) in [6, 6.07) is 14.5. The summed E-state index contributed by atoms with van der Waals surface area (Å²) in [5.74, 6) is 1.36. The van der Waals surface area contributed by atoms with Gasteiger partial charge in [-0.1, -0.05) is 12.1 Å². The number of aromatic nitrogens is 3. The summed E-state index contributed by atoms with van der Waals surface area (Å²) in [5.41, 5.74) is 1.77. The van der Waals surface area contributed by atoms with Crippen LogP contribution in [0.15, 0.2) is 65.8 Å². The molecule has 0 spiro atoms. The summed E-state index contributed by atoms with van der Waals surface area (Å²) < 4.78 is 27.3. The number of piperazine rings is 1. The molecule has 0 amide bonds. The van der Waals surface area contributed by atoms with Gasteiger partial charge in [0.25, 0.3) is 0 Å². The zero-order valence-corrected chi connectivity index (χ0v) is 16.9. The van der Waals surface area contributed by atoms with Gasteiger partial charge in [0.15, 0.2) is 11.6 Å². The van der Waals surface area contributed by atoms with E-state index < -0.39 is 10.0 Å². The first-order valence-electron chi connectivity index (χ1n) is 9.35. The quantitative estimate of drug-likeness (QED) is 0.691. The van der Waals surface area contributed by atoms with Crippen LogP contribution < -0.4 is 10.2 Å². The van der Waals surface area contributed by atoms with E-state index in [1.165, 1.54) is 4.31 Å². The van der Waals surface area contributed by atoms with Gasteiger partial charge in [-0.3, -0.25) is 4.98 Å². The fourth-order valence-electron chi connectivity index (χ4n) is 3.23. The van der Waals surface area contributed by atoms with Gasteiger partial charge in [-0.25, -0.2) is 8.42 Å². The number of pyridine rings is 1. The number of nitrogens with one attached hydrogen (secondary N) is 1. The van der Waals surface area contributed by atoms with Crippen molar-refractivity contribution in [1.82, 2.24) is 19.5 Å². The zero-order chi connectivity index (χ0) is 20.3. The van der Waals surface area contributed by atoms with Crippen LogP contribution in [-0.4, -0.2) is 54.1 Å². The summed E-state index contributed by atoms with van der Waals surface area (Å²) >= 11 is 0. The maximum Gasteiger partial charge on any atom is 0.243 e. The molecule has 1 fully saturated rings. The van der Waals surface area contributed by atoms with E-state index in [0.717, 1.165) is 17.1 Å². The highest BCUT2D eigenvalue weighted by Crippen LogP contribution is 2.21. The Morgan fingerprint density at radius 3 is 2.45 bits per heavy atom. The number of hydrogen-bond donors (Lipinski definition) is 1. The molecular weight excluding hydrogens is 388 g/mol. The van der Waals surface area contributed by atoms with Gasteiger partial charge in [-0.15, -0.1) is 10.2 Å². The molecule has 2 aromatic heterocycles. The van der Waals surface area contributed by atoms with Gasteiger partial charge in [-0.05, 0) is 48.9 Å². The van der Waals surface area contributed by atoms with E-state index in [9.17, 15) is 8.42 Å². The highest BCUT2D eigenvalue weighted by molar-refractivity contribution is 7.89. The van der Waals surface area contributed by atoms with Crippen molar-refractivity contribution in [3.63, 3.8) is 0 Å². The van der Waals surface area contributed by atoms with Crippen molar-refractivity contribution in [2.24, 2.45) is 0 Å². The first-order chi connectivity index (χ1) is 14.0. The monoisotopic (exact) mass is 410 g/mol. The molecule has 1 aromatic carbocycles. The molecule has 29 heavy (non-hydrogen) atoms. The molecule has 0 saturated carbocycles. The summed E-state index contributed by atoms with van der Waals surface area (Å²) in [7, 11) is -3.48. The SMILES string of the molecule is Cc1cccc(S(=O)(=O)N2CCN(c3ccc(Nc4cccnc4)nn3)CC2)c1. The molecule has 1 N–H and O–H groups in total. The number of hydrogen-bond acceptors (Lipinski definition) is 7. The topological polar surface area (TPSA) is 91.3 Å². The number of anilines is 3. The van der Waals surface area contributed by atoms with E-state index >= 15 is 0 Å². The van der Waals surface area contributed by atoms with Crippen LogP contribution in [0, 0.1) is 6.92 Å². The van der Waals surface area contributed by atoms with Gasteiger partial charge >= 0.3 is 0 Å². The Hall–Kier alpha value is -3.04. The molecule has 4 rings (SSSR count). The number of rotatable bonds is 5. The summed E-state index contributed by atoms with van der Waals surface area (Å²) in [5, 5.41) is 11.6. The second-order valence-corrected chi connectivity index (χ2v) is 8.79. The minimum Gasteiger partial charge on any atom is -0.352 e. The third-order valence-electron chi connectivity index (χ3n) is 4.77. The van der Waals surface area contributed by atoms with Crippen molar-refractivity contribution >= 4 is 27.3 Å². The molecule has 0 radical (unpaired) electrons. The Morgan fingerprint density at radius 1 is 0.966 bits per heavy atom. The lowest BCUT2D eigenvalue weighted by Gasteiger charge is -2.34. The van der Waals surface area contributed by atoms with Crippen molar-refractivity contribution < 1.29 is 8.42 Å². The summed E-state index contributed by atoms with van der Waals surface area (Å²) in [4.78, 5) is 6.44. The number of benzene rings is 1. The molecular formula is C20H22N6O2S. The Kier molecular flexibility index (Phi) is 5.41. The molecule has 1 saturated heterocycles. The molecule has 1 aliphatic heterocycles. The molecule has 3 heterocycles. The molecule has 3 aromatic rings. The van der Waals surface area contributed by atoms with Crippen LogP contribution >= 0.6 is 0 Å². The van der Waals surface area contributed by atoms with Crippen LogP contribution in [-0.2, 0) is 10.0 Å². The average Bonchev–Trinajstić information content (AvgIpc) is 2.75. The van der Waals surface area contributed by atoms with E-state index in [-0.39, 0.29) is 0 Å². The lowest BCUT2D eigenvalue weighted by atomic mass is 10.2. The molecule has 0 unspecified atom stereocenters. The smallest absolute Gasteiger partial charge is 0.243 e. The van der Waals surface area contributed by atoms with E-state index in [1.807, 2.05) is 42.2 Å². The average molecular weight is 411 g/mol. The van der Waals surface area contributed by atoms with Crippen LogP contribution in [0.4, 0.5) is 17.3 Å². The summed E-state index contributed by atoms with van der Waals surface area (Å²) in [6.45, 7) is 3.84. The molecule has 8 nitrogen and oxygen atoms in total. The normalized spacial score (nSPS) is 15.3. The minimum absolute atomic E-state index is 0.344. The lowest BCUT2D eigenvalue weighted by molar-refractivity contribution is 0.383. The summed E-state index contributed by atoms with van der Waals surface area (Å²) in [6.07, 6.45) is 3.42. The second-order valence-electron chi connectivity index (χ2n) is 6.85. The van der Waals surface area contributed by atoms with E-state index in [1.54, 1.807) is 30.6 Å². The Morgan fingerprint density at radius 2 is 1.79 bits per heavy atom. The van der Waals surface area contributed by atoms with Crippen molar-refractivity contribution in [2.75, 3.05) is 36.4 Å². The minimum atomic E-state index is -3.48.